The number of benzene rings is 1. The van der Waals surface area contributed by atoms with Crippen molar-refractivity contribution in [2.75, 3.05) is 5.73 Å². The second kappa shape index (κ2) is 14.9. The molecule has 3 rings (SSSR count). The van der Waals surface area contributed by atoms with E-state index in [-0.39, 0.29) is 11.9 Å². The van der Waals surface area contributed by atoms with E-state index >= 15 is 0 Å². The summed E-state index contributed by atoms with van der Waals surface area (Å²) in [7, 11) is 0. The van der Waals surface area contributed by atoms with Crippen molar-refractivity contribution >= 4 is 33.9 Å². The molecule has 204 valence electrons. The highest BCUT2D eigenvalue weighted by molar-refractivity contribution is 6.10. The van der Waals surface area contributed by atoms with Crippen molar-refractivity contribution in [2.24, 2.45) is 5.92 Å². The minimum Gasteiger partial charge on any atom is -0.384 e. The Morgan fingerprint density at radius 1 is 0.865 bits per heavy atom. The van der Waals surface area contributed by atoms with Crippen LogP contribution in [0, 0.1) is 5.92 Å². The molecule has 6 heteroatoms. The number of carbonyl (C=O) groups is 1. The minimum atomic E-state index is -0.147. The summed E-state index contributed by atoms with van der Waals surface area (Å²) in [6.45, 7) is 9.55. The van der Waals surface area contributed by atoms with E-state index in [9.17, 15) is 4.79 Å². The lowest BCUT2D eigenvalue weighted by Gasteiger charge is -2.14. The summed E-state index contributed by atoms with van der Waals surface area (Å²) in [6, 6.07) is 7.90. The number of unbranched alkanes of at least 4 members (excludes halogenated alkanes) is 9. The number of fused-ring (bicyclic) bond motifs is 2. The van der Waals surface area contributed by atoms with Gasteiger partial charge in [-0.2, -0.15) is 0 Å². The van der Waals surface area contributed by atoms with E-state index < -0.39 is 0 Å². The number of nitrogens with two attached hydrogens (primary N) is 1. The van der Waals surface area contributed by atoms with Gasteiger partial charge < -0.3 is 15.6 Å². The number of rotatable bonds is 17. The quantitative estimate of drug-likeness (QED) is 0.181. The Balaban J connectivity index is 1.68. The van der Waals surface area contributed by atoms with Crippen LogP contribution in [0.3, 0.4) is 0 Å². The summed E-state index contributed by atoms with van der Waals surface area (Å²) in [5.41, 5.74) is 10.0. The first-order valence-corrected chi connectivity index (χ1v) is 14.8. The predicted molar refractivity (Wildman–Crippen MR) is 157 cm³/mol. The molecule has 0 radical (unpaired) electrons. The third-order valence-corrected chi connectivity index (χ3v) is 7.35. The van der Waals surface area contributed by atoms with E-state index in [1.807, 2.05) is 28.8 Å². The number of nitrogens with zero attached hydrogens (tertiary/aromatic N) is 3. The summed E-state index contributed by atoms with van der Waals surface area (Å²) in [5, 5.41) is 3.17. The Labute approximate surface area is 223 Å². The van der Waals surface area contributed by atoms with Crippen LogP contribution in [-0.4, -0.2) is 26.5 Å². The van der Waals surface area contributed by atoms with Crippen LogP contribution >= 0.6 is 0 Å². The normalized spacial score (nSPS) is 12.6. The molecule has 0 aliphatic heterocycles. The third kappa shape index (κ3) is 8.44. The van der Waals surface area contributed by atoms with E-state index in [1.54, 1.807) is 0 Å². The van der Waals surface area contributed by atoms with Crippen LogP contribution in [-0.2, 0) is 6.54 Å². The lowest BCUT2D eigenvalue weighted by atomic mass is 10.0. The molecular formula is C31H49N5O. The first-order valence-electron chi connectivity index (χ1n) is 14.8. The molecule has 1 atom stereocenters. The van der Waals surface area contributed by atoms with Crippen molar-refractivity contribution in [2.45, 2.75) is 124 Å². The largest absolute Gasteiger partial charge is 0.384 e. The maximum Gasteiger partial charge on any atom is 0.257 e. The van der Waals surface area contributed by atoms with Gasteiger partial charge in [0.2, 0.25) is 0 Å². The van der Waals surface area contributed by atoms with Crippen molar-refractivity contribution < 1.29 is 4.79 Å². The van der Waals surface area contributed by atoms with Gasteiger partial charge in [-0.1, -0.05) is 104 Å². The van der Waals surface area contributed by atoms with Crippen molar-refractivity contribution in [1.82, 2.24) is 19.9 Å². The van der Waals surface area contributed by atoms with Gasteiger partial charge >= 0.3 is 0 Å². The minimum absolute atomic E-state index is 0.0828. The number of nitrogens with one attached hydrogen (secondary N) is 1. The Bertz CT molecular complexity index is 1120. The molecule has 0 bridgehead atoms. The predicted octanol–water partition coefficient (Wildman–Crippen LogP) is 8.03. The maximum absolute atomic E-state index is 13.4. The van der Waals surface area contributed by atoms with E-state index in [2.05, 4.69) is 33.0 Å². The fraction of sp³-hybridized carbons (Fsp3) is 0.645. The SMILES string of the molecule is CCCCCCCCCCCCn1c(N)c(C(=O)N[C@@H](C)CCCC(C)C)c2nc3ccccc3nc21. The Hall–Kier alpha value is -2.63. The zero-order valence-corrected chi connectivity index (χ0v) is 23.7. The number of para-hydroxylation sites is 2. The van der Waals surface area contributed by atoms with E-state index in [1.165, 1.54) is 51.4 Å². The summed E-state index contributed by atoms with van der Waals surface area (Å²) >= 11 is 0. The lowest BCUT2D eigenvalue weighted by Crippen LogP contribution is -2.33. The molecule has 0 aliphatic carbocycles. The summed E-state index contributed by atoms with van der Waals surface area (Å²) < 4.78 is 2.01. The number of carbonyl (C=O) groups excluding carboxylic acids is 1. The van der Waals surface area contributed by atoms with Gasteiger partial charge in [0, 0.05) is 12.6 Å². The van der Waals surface area contributed by atoms with E-state index in [0.717, 1.165) is 49.7 Å². The van der Waals surface area contributed by atoms with Crippen molar-refractivity contribution in [3.8, 4) is 0 Å². The summed E-state index contributed by atoms with van der Waals surface area (Å²) in [4.78, 5) is 23.1. The Kier molecular flexibility index (Phi) is 11.7. The number of amides is 1. The summed E-state index contributed by atoms with van der Waals surface area (Å²) in [5.74, 6) is 1.00. The molecule has 0 saturated heterocycles. The zero-order chi connectivity index (χ0) is 26.6. The standard InChI is InChI=1S/C31H49N5O/c1-5-6-7-8-9-10-11-12-13-16-22-36-29(32)27(31(37)33-24(4)19-17-18-23(2)3)28-30(36)35-26-21-15-14-20-25(26)34-28/h14-15,20-21,23-24H,5-13,16-19,22,32H2,1-4H3,(H,33,37)/t24-/m0/s1. The first-order chi connectivity index (χ1) is 17.9. The number of nitrogen functional groups attached to an aromatic ring is 1. The molecule has 0 spiro atoms. The van der Waals surface area contributed by atoms with Gasteiger partial charge in [-0.25, -0.2) is 9.97 Å². The van der Waals surface area contributed by atoms with Crippen LogP contribution in [0.1, 0.15) is 122 Å². The lowest BCUT2D eigenvalue weighted by molar-refractivity contribution is 0.0940. The van der Waals surface area contributed by atoms with E-state index in [4.69, 9.17) is 15.7 Å². The number of hydrogen-bond acceptors (Lipinski definition) is 4. The van der Waals surface area contributed by atoms with Gasteiger partial charge in [0.15, 0.2) is 5.65 Å². The Morgan fingerprint density at radius 2 is 1.46 bits per heavy atom. The first kappa shape index (κ1) is 28.9. The van der Waals surface area contributed by atoms with Crippen LogP contribution in [0.4, 0.5) is 5.82 Å². The molecule has 2 aromatic heterocycles. The van der Waals surface area contributed by atoms with Crippen LogP contribution in [0.25, 0.3) is 22.2 Å². The van der Waals surface area contributed by atoms with Crippen molar-refractivity contribution in [1.29, 1.82) is 0 Å². The molecule has 3 aromatic rings. The van der Waals surface area contributed by atoms with Crippen LogP contribution in [0.15, 0.2) is 24.3 Å². The highest BCUT2D eigenvalue weighted by Gasteiger charge is 2.24. The average molecular weight is 508 g/mol. The highest BCUT2D eigenvalue weighted by atomic mass is 16.1. The van der Waals surface area contributed by atoms with Gasteiger partial charge in [0.05, 0.1) is 11.0 Å². The zero-order valence-electron chi connectivity index (χ0n) is 23.7. The third-order valence-electron chi connectivity index (χ3n) is 7.35. The molecule has 0 aliphatic rings. The fourth-order valence-electron chi connectivity index (χ4n) is 5.12. The highest BCUT2D eigenvalue weighted by Crippen LogP contribution is 2.29. The molecule has 37 heavy (non-hydrogen) atoms. The molecule has 1 aromatic carbocycles. The second-order valence-corrected chi connectivity index (χ2v) is 11.2. The van der Waals surface area contributed by atoms with Gasteiger partial charge in [-0.15, -0.1) is 0 Å². The summed E-state index contributed by atoms with van der Waals surface area (Å²) in [6.07, 6.45) is 16.0. The number of hydrogen-bond donors (Lipinski definition) is 2. The van der Waals surface area contributed by atoms with Crippen molar-refractivity contribution in [3.63, 3.8) is 0 Å². The monoisotopic (exact) mass is 507 g/mol. The molecule has 1 amide bonds. The molecule has 2 heterocycles. The average Bonchev–Trinajstić information content (AvgIpc) is 3.13. The van der Waals surface area contributed by atoms with Crippen molar-refractivity contribution in [3.05, 3.63) is 29.8 Å². The number of aryl methyl sites for hydroxylation is 1. The number of aromatic nitrogens is 3. The smallest absolute Gasteiger partial charge is 0.257 e. The van der Waals surface area contributed by atoms with E-state index in [0.29, 0.717) is 28.5 Å². The van der Waals surface area contributed by atoms with Crippen LogP contribution in [0.5, 0.6) is 0 Å². The fourth-order valence-corrected chi connectivity index (χ4v) is 5.12. The van der Waals surface area contributed by atoms with Crippen LogP contribution in [0.2, 0.25) is 0 Å². The number of anilines is 1. The molecule has 0 fully saturated rings. The van der Waals surface area contributed by atoms with Gasteiger partial charge in [0.1, 0.15) is 16.9 Å². The molecule has 3 N–H and O–H groups in total. The van der Waals surface area contributed by atoms with Crippen LogP contribution < -0.4 is 11.1 Å². The van der Waals surface area contributed by atoms with Gasteiger partial charge in [-0.05, 0) is 37.8 Å². The maximum atomic E-state index is 13.4. The topological polar surface area (TPSA) is 85.8 Å². The van der Waals surface area contributed by atoms with Gasteiger partial charge in [-0.3, -0.25) is 4.79 Å². The second-order valence-electron chi connectivity index (χ2n) is 11.2. The molecule has 0 saturated carbocycles. The molecular weight excluding hydrogens is 458 g/mol. The Morgan fingerprint density at radius 3 is 2.08 bits per heavy atom. The molecule has 0 unspecified atom stereocenters. The molecule has 6 nitrogen and oxygen atoms in total. The van der Waals surface area contributed by atoms with Gasteiger partial charge in [0.25, 0.3) is 5.91 Å².